The Morgan fingerprint density at radius 1 is 0.583 bits per heavy atom. The van der Waals surface area contributed by atoms with Crippen molar-refractivity contribution in [1.29, 1.82) is 0 Å². The minimum atomic E-state index is -0.300. The molecular weight excluding hydrogens is 763 g/mol. The van der Waals surface area contributed by atoms with E-state index in [4.69, 9.17) is 10.2 Å². The third-order valence-electron chi connectivity index (χ3n) is 12.3. The quantitative estimate of drug-likeness (QED) is 0.172. The van der Waals surface area contributed by atoms with Gasteiger partial charge in [0.1, 0.15) is 23.3 Å². The van der Waals surface area contributed by atoms with Crippen molar-refractivity contribution >= 4 is 50.5 Å². The van der Waals surface area contributed by atoms with E-state index in [-0.39, 0.29) is 29.5 Å². The van der Waals surface area contributed by atoms with Crippen LogP contribution in [0.1, 0.15) is 36.4 Å². The third-order valence-corrected chi connectivity index (χ3v) is 12.3. The molecule has 0 N–H and O–H groups in total. The number of hydrogen-bond donors (Lipinski definition) is 0. The molecule has 15 heteroatoms. The van der Waals surface area contributed by atoms with Gasteiger partial charge in [0.25, 0.3) is 0 Å². The maximum atomic E-state index is 15.1. The van der Waals surface area contributed by atoms with Gasteiger partial charge in [0.2, 0.25) is 0 Å². The molecule has 0 radical (unpaired) electrons. The fourth-order valence-corrected chi connectivity index (χ4v) is 8.73. The molecule has 0 aliphatic carbocycles. The van der Waals surface area contributed by atoms with E-state index in [0.29, 0.717) is 46.3 Å². The molecule has 10 rings (SSSR count). The van der Waals surface area contributed by atoms with Gasteiger partial charge in [-0.05, 0) is 73.5 Å². The number of pyridine rings is 2. The van der Waals surface area contributed by atoms with Gasteiger partial charge in [0.05, 0.1) is 46.9 Å². The largest absolute Gasteiger partial charge is 0.353 e. The Hall–Kier alpha value is -6.45. The van der Waals surface area contributed by atoms with Crippen molar-refractivity contribution < 1.29 is 13.6 Å². The smallest absolute Gasteiger partial charge is 0.166 e. The summed E-state index contributed by atoms with van der Waals surface area (Å²) in [5, 5.41) is 11.7. The molecule has 2 saturated heterocycles. The highest BCUT2D eigenvalue weighted by Crippen LogP contribution is 2.25. The van der Waals surface area contributed by atoms with Gasteiger partial charge in [-0.15, -0.1) is 10.2 Å². The van der Waals surface area contributed by atoms with Crippen molar-refractivity contribution in [2.75, 3.05) is 62.2 Å². The van der Waals surface area contributed by atoms with Gasteiger partial charge >= 0.3 is 0 Å². The zero-order valence-corrected chi connectivity index (χ0v) is 33.5. The van der Waals surface area contributed by atoms with Gasteiger partial charge < -0.3 is 9.80 Å². The zero-order chi connectivity index (χ0) is 40.9. The van der Waals surface area contributed by atoms with Crippen LogP contribution in [0.25, 0.3) is 33.1 Å². The van der Waals surface area contributed by atoms with Crippen LogP contribution in [0.4, 0.5) is 20.4 Å². The van der Waals surface area contributed by atoms with E-state index in [0.717, 1.165) is 86.2 Å². The zero-order valence-electron chi connectivity index (χ0n) is 33.5. The van der Waals surface area contributed by atoms with E-state index < -0.39 is 0 Å². The lowest BCUT2D eigenvalue weighted by atomic mass is 10.0. The van der Waals surface area contributed by atoms with Crippen LogP contribution in [0.3, 0.4) is 0 Å². The summed E-state index contributed by atoms with van der Waals surface area (Å²) in [6.45, 7) is 9.88. The molecule has 60 heavy (non-hydrogen) atoms. The highest BCUT2D eigenvalue weighted by molar-refractivity contribution is 5.88. The van der Waals surface area contributed by atoms with Crippen LogP contribution < -0.4 is 9.80 Å². The van der Waals surface area contributed by atoms with Gasteiger partial charge in [-0.3, -0.25) is 24.6 Å². The summed E-state index contributed by atoms with van der Waals surface area (Å²) in [5.74, 6) is 1.27. The predicted octanol–water partition coefficient (Wildman–Crippen LogP) is 5.62. The fourth-order valence-electron chi connectivity index (χ4n) is 8.73. The molecule has 8 heterocycles. The third kappa shape index (κ3) is 7.17. The summed E-state index contributed by atoms with van der Waals surface area (Å²) < 4.78 is 33.7. The Kier molecular flexibility index (Phi) is 9.84. The second-order valence-electron chi connectivity index (χ2n) is 15.9. The first-order chi connectivity index (χ1) is 29.3. The first-order valence-electron chi connectivity index (χ1n) is 20.5. The molecule has 0 saturated carbocycles. The highest BCUT2D eigenvalue weighted by Gasteiger charge is 2.33. The second-order valence-corrected chi connectivity index (χ2v) is 15.9. The lowest BCUT2D eigenvalue weighted by molar-refractivity contribution is -0.128. The molecule has 2 atom stereocenters. The molecule has 304 valence electrons. The molecule has 0 spiro atoms. The van der Waals surface area contributed by atoms with E-state index in [9.17, 15) is 4.79 Å². The number of fused-ring (bicyclic) bond motifs is 4. The molecule has 2 aromatic carbocycles. The number of Topliss-reactive ketones (excluding diaryl/α,β-unsaturated/α-hetero) is 1. The second kappa shape index (κ2) is 15.6. The van der Waals surface area contributed by atoms with E-state index >= 15 is 8.78 Å². The molecule has 2 aliphatic rings. The molecule has 2 fully saturated rings. The number of benzene rings is 2. The van der Waals surface area contributed by atoms with Crippen LogP contribution in [0.2, 0.25) is 0 Å². The Balaban J connectivity index is 0.745. The molecule has 6 aromatic heterocycles. The minimum Gasteiger partial charge on any atom is -0.353 e. The van der Waals surface area contributed by atoms with Gasteiger partial charge in [-0.2, -0.15) is 0 Å². The SMILES string of the molecule is CC(C(=O)C(C)N1CCN(c2ccc3ncc(Cc4cc5cccnc5cc4F)n3n2)CC1)N1CCN(c2ccc3ncc(Cc4cc5cccnc5cc4F)n3n2)CC1. The predicted molar refractivity (Wildman–Crippen MR) is 226 cm³/mol. The maximum Gasteiger partial charge on any atom is 0.166 e. The summed E-state index contributed by atoms with van der Waals surface area (Å²) in [4.78, 5) is 40.5. The van der Waals surface area contributed by atoms with Gasteiger partial charge in [-0.1, -0.05) is 12.1 Å². The van der Waals surface area contributed by atoms with Crippen LogP contribution in [-0.4, -0.2) is 119 Å². The van der Waals surface area contributed by atoms with Crippen molar-refractivity contribution in [2.24, 2.45) is 0 Å². The minimum absolute atomic E-state index is 0.218. The van der Waals surface area contributed by atoms with E-state index in [1.807, 2.05) is 74.5 Å². The van der Waals surface area contributed by atoms with Crippen LogP contribution in [0.5, 0.6) is 0 Å². The average molecular weight is 807 g/mol. The summed E-state index contributed by atoms with van der Waals surface area (Å²) in [5.41, 5.74) is 5.40. The number of hydrogen-bond acceptors (Lipinski definition) is 11. The first-order valence-corrected chi connectivity index (χ1v) is 20.5. The summed E-state index contributed by atoms with van der Waals surface area (Å²) in [7, 11) is 0. The molecule has 2 aliphatic heterocycles. The van der Waals surface area contributed by atoms with Gasteiger partial charge in [0.15, 0.2) is 17.1 Å². The van der Waals surface area contributed by atoms with Crippen molar-refractivity contribution in [3.8, 4) is 0 Å². The number of imidazole rings is 2. The molecule has 2 unspecified atom stereocenters. The number of carbonyl (C=O) groups excluding carboxylic acids is 1. The van der Waals surface area contributed by atoms with Crippen molar-refractivity contribution in [3.05, 3.63) is 132 Å². The Morgan fingerprint density at radius 3 is 1.45 bits per heavy atom. The van der Waals surface area contributed by atoms with Gasteiger partial charge in [-0.25, -0.2) is 27.8 Å². The number of ketones is 1. The number of rotatable bonds is 10. The molecule has 0 amide bonds. The summed E-state index contributed by atoms with van der Waals surface area (Å²) in [6, 6.07) is 21.6. The van der Waals surface area contributed by atoms with Crippen molar-refractivity contribution in [1.82, 2.24) is 49.0 Å². The molecule has 8 aromatic rings. The number of halogens is 2. The number of nitrogens with zero attached hydrogens (tertiary/aromatic N) is 12. The molecule has 13 nitrogen and oxygen atoms in total. The normalized spacial score (nSPS) is 16.7. The lowest BCUT2D eigenvalue weighted by Crippen LogP contribution is -2.57. The monoisotopic (exact) mass is 806 g/mol. The summed E-state index contributed by atoms with van der Waals surface area (Å²) >= 11 is 0. The van der Waals surface area contributed by atoms with E-state index in [1.54, 1.807) is 33.8 Å². The van der Waals surface area contributed by atoms with Crippen LogP contribution in [0, 0.1) is 11.6 Å². The van der Waals surface area contributed by atoms with E-state index in [1.165, 1.54) is 12.1 Å². The topological polar surface area (TPSA) is 116 Å². The lowest BCUT2D eigenvalue weighted by Gasteiger charge is -2.41. The van der Waals surface area contributed by atoms with Crippen LogP contribution in [0.15, 0.2) is 97.6 Å². The standard InChI is InChI=1S/C45H44F2N12O/c1-29(54-13-17-56(18-14-54)43-9-7-41-50-27-35(58(41)52-43)23-33-21-31-5-3-11-48-39(31)25-37(33)46)45(60)30(2)55-15-19-57(20-16-55)44-10-8-42-51-28-36(59(42)53-44)24-34-22-32-6-4-12-49-40(32)26-38(34)47/h3-12,21-22,25-30H,13-20,23-24H2,1-2H3. The Morgan fingerprint density at radius 2 is 1.02 bits per heavy atom. The van der Waals surface area contributed by atoms with Crippen LogP contribution >= 0.6 is 0 Å². The highest BCUT2D eigenvalue weighted by atomic mass is 19.1. The van der Waals surface area contributed by atoms with Gasteiger partial charge in [0, 0.05) is 100 Å². The molecule has 0 bridgehead atoms. The Labute approximate surface area is 344 Å². The summed E-state index contributed by atoms with van der Waals surface area (Å²) in [6.07, 6.45) is 7.55. The van der Waals surface area contributed by atoms with Crippen LogP contribution in [-0.2, 0) is 17.6 Å². The molecular formula is C45H44F2N12O. The average Bonchev–Trinajstić information content (AvgIpc) is 3.89. The van der Waals surface area contributed by atoms with Crippen molar-refractivity contribution in [3.63, 3.8) is 0 Å². The number of anilines is 2. The van der Waals surface area contributed by atoms with Crippen molar-refractivity contribution in [2.45, 2.75) is 38.8 Å². The Bertz CT molecular complexity index is 2690. The number of aromatic nitrogens is 8. The maximum absolute atomic E-state index is 15.1. The number of piperazine rings is 2. The number of carbonyl (C=O) groups is 1. The van der Waals surface area contributed by atoms with E-state index in [2.05, 4.69) is 39.5 Å². The fraction of sp³-hybridized carbons (Fsp3) is 0.311. The first kappa shape index (κ1) is 37.8.